The number of carbonyl (C=O) groups is 5. The molecule has 2 aliphatic heterocycles. The molecular formula is C31H37ClN4O6. The first kappa shape index (κ1) is 31.2. The number of amides is 5. The van der Waals surface area contributed by atoms with Gasteiger partial charge in [-0.25, -0.2) is 0 Å². The number of benzene rings is 2. The van der Waals surface area contributed by atoms with E-state index in [1.165, 1.54) is 4.90 Å². The van der Waals surface area contributed by atoms with Gasteiger partial charge in [0, 0.05) is 42.3 Å². The highest BCUT2D eigenvalue weighted by molar-refractivity contribution is 6.31. The smallest absolute Gasteiger partial charge is 0.255 e. The number of piperidine rings is 1. The number of anilines is 1. The third-order valence-electron chi connectivity index (χ3n) is 7.77. The number of fused-ring (bicyclic) bond motifs is 1. The molecule has 0 radical (unpaired) electrons. The van der Waals surface area contributed by atoms with E-state index in [-0.39, 0.29) is 49.6 Å². The zero-order chi connectivity index (χ0) is 30.2. The molecule has 2 heterocycles. The predicted octanol–water partition coefficient (Wildman–Crippen LogP) is 3.41. The molecular weight excluding hydrogens is 560 g/mol. The summed E-state index contributed by atoms with van der Waals surface area (Å²) in [5.41, 5.74) is 3.74. The number of aliphatic hydroxyl groups excluding tert-OH is 1. The Balaban J connectivity index is 1.41. The summed E-state index contributed by atoms with van der Waals surface area (Å²) < 4.78 is 0. The van der Waals surface area contributed by atoms with E-state index in [9.17, 15) is 24.0 Å². The summed E-state index contributed by atoms with van der Waals surface area (Å²) in [5.74, 6) is -1.60. The van der Waals surface area contributed by atoms with Crippen molar-refractivity contribution in [1.82, 2.24) is 15.5 Å². The van der Waals surface area contributed by atoms with Crippen LogP contribution < -0.4 is 16.0 Å². The molecule has 2 aliphatic rings. The van der Waals surface area contributed by atoms with Gasteiger partial charge in [0.2, 0.25) is 23.6 Å². The number of hydrogen-bond acceptors (Lipinski definition) is 6. The number of nitrogens with one attached hydrogen (secondary N) is 3. The summed E-state index contributed by atoms with van der Waals surface area (Å²) in [4.78, 5) is 64.6. The lowest BCUT2D eigenvalue weighted by atomic mass is 9.97. The summed E-state index contributed by atoms with van der Waals surface area (Å²) in [6.45, 7) is 2.22. The minimum absolute atomic E-state index is 0.0752. The lowest BCUT2D eigenvalue weighted by Crippen LogP contribution is -2.52. The van der Waals surface area contributed by atoms with E-state index in [1.807, 2.05) is 19.1 Å². The highest BCUT2D eigenvalue weighted by Gasteiger charge is 2.39. The van der Waals surface area contributed by atoms with Crippen LogP contribution >= 0.6 is 11.6 Å². The van der Waals surface area contributed by atoms with Crippen LogP contribution in [0, 0.1) is 6.92 Å². The average Bonchev–Trinajstić information content (AvgIpc) is 3.29. The van der Waals surface area contributed by atoms with E-state index in [0.29, 0.717) is 54.8 Å². The van der Waals surface area contributed by atoms with Gasteiger partial charge >= 0.3 is 0 Å². The molecule has 1 saturated heterocycles. The zero-order valence-electron chi connectivity index (χ0n) is 23.7. The normalized spacial score (nSPS) is 17.1. The van der Waals surface area contributed by atoms with Crippen molar-refractivity contribution in [2.75, 3.05) is 11.9 Å². The van der Waals surface area contributed by atoms with Crippen LogP contribution in [0.1, 0.15) is 78.4 Å². The number of unbranched alkanes of at least 4 members (excludes halogenated alkanes) is 2. The summed E-state index contributed by atoms with van der Waals surface area (Å²) in [7, 11) is 0. The van der Waals surface area contributed by atoms with Gasteiger partial charge in [0.15, 0.2) is 0 Å². The lowest BCUT2D eigenvalue weighted by Gasteiger charge is -2.29. The standard InChI is InChI=1S/C31H37ClN4O6/c1-19-12-13-21(17-24(19)32)33-29(40)25(34-27(38)11-3-2-4-16-37)10-6-8-20-7-5-9-22-23(20)18-36(31(22)42)26-14-15-28(39)35-30(26)41/h5,7,9,12-13,17,25-26,37H,2-4,6,8,10-11,14-16,18H2,1H3,(H,33,40)(H,34,38)(H,35,39,41)/t25-,26?/m0/s1. The van der Waals surface area contributed by atoms with Gasteiger partial charge in [-0.05, 0) is 80.3 Å². The van der Waals surface area contributed by atoms with Gasteiger partial charge in [0.05, 0.1) is 0 Å². The number of rotatable bonds is 13. The number of halogens is 1. The monoisotopic (exact) mass is 596 g/mol. The van der Waals surface area contributed by atoms with Crippen molar-refractivity contribution in [2.45, 2.75) is 83.3 Å². The van der Waals surface area contributed by atoms with Crippen molar-refractivity contribution in [3.05, 3.63) is 63.7 Å². The molecule has 0 bridgehead atoms. The minimum atomic E-state index is -0.784. The summed E-state index contributed by atoms with van der Waals surface area (Å²) in [5, 5.41) is 17.5. The second-order valence-corrected chi connectivity index (χ2v) is 11.3. The van der Waals surface area contributed by atoms with Crippen LogP contribution in [0.15, 0.2) is 36.4 Å². The summed E-state index contributed by atoms with van der Waals surface area (Å²) >= 11 is 6.22. The van der Waals surface area contributed by atoms with Gasteiger partial charge in [0.25, 0.3) is 5.91 Å². The quantitative estimate of drug-likeness (QED) is 0.206. The van der Waals surface area contributed by atoms with Crippen molar-refractivity contribution < 1.29 is 29.1 Å². The predicted molar refractivity (Wildman–Crippen MR) is 158 cm³/mol. The van der Waals surface area contributed by atoms with E-state index < -0.39 is 18.0 Å². The Hall–Kier alpha value is -3.76. The van der Waals surface area contributed by atoms with Crippen LogP contribution in [0.25, 0.3) is 0 Å². The molecule has 5 amide bonds. The molecule has 2 atom stereocenters. The SMILES string of the molecule is Cc1ccc(NC(=O)[C@H](CCCc2cccc3c2CN(C2CCC(=O)NC2=O)C3=O)NC(=O)CCCCCO)cc1Cl. The van der Waals surface area contributed by atoms with Gasteiger partial charge in [-0.15, -0.1) is 0 Å². The maximum absolute atomic E-state index is 13.3. The van der Waals surface area contributed by atoms with Gasteiger partial charge in [-0.2, -0.15) is 0 Å². The largest absolute Gasteiger partial charge is 0.396 e. The second kappa shape index (κ2) is 14.4. The number of aryl methyl sites for hydroxylation is 2. The highest BCUT2D eigenvalue weighted by atomic mass is 35.5. The summed E-state index contributed by atoms with van der Waals surface area (Å²) in [6.07, 6.45) is 4.17. The number of imide groups is 1. The second-order valence-electron chi connectivity index (χ2n) is 10.8. The molecule has 0 aromatic heterocycles. The van der Waals surface area contributed by atoms with Gasteiger partial charge in [-0.1, -0.05) is 36.2 Å². The fourth-order valence-electron chi connectivity index (χ4n) is 5.39. The topological polar surface area (TPSA) is 145 Å². The van der Waals surface area contributed by atoms with Crippen molar-refractivity contribution in [1.29, 1.82) is 0 Å². The fraction of sp³-hybridized carbons (Fsp3) is 0.452. The van der Waals surface area contributed by atoms with Gasteiger partial charge in [0.1, 0.15) is 12.1 Å². The Kier molecular flexibility index (Phi) is 10.7. The lowest BCUT2D eigenvalue weighted by molar-refractivity contribution is -0.137. The number of nitrogens with zero attached hydrogens (tertiary/aromatic N) is 1. The Morgan fingerprint density at radius 2 is 1.93 bits per heavy atom. The zero-order valence-corrected chi connectivity index (χ0v) is 24.5. The van der Waals surface area contributed by atoms with Crippen LogP contribution in [-0.4, -0.2) is 58.2 Å². The van der Waals surface area contributed by atoms with Crippen LogP contribution in [0.3, 0.4) is 0 Å². The Labute approximate surface area is 250 Å². The Bertz CT molecular complexity index is 1360. The first-order chi connectivity index (χ1) is 20.2. The van der Waals surface area contributed by atoms with Gasteiger partial charge < -0.3 is 20.6 Å². The van der Waals surface area contributed by atoms with Crippen LogP contribution in [0.4, 0.5) is 5.69 Å². The molecule has 1 unspecified atom stereocenters. The first-order valence-electron chi connectivity index (χ1n) is 14.4. The van der Waals surface area contributed by atoms with Crippen molar-refractivity contribution in [3.63, 3.8) is 0 Å². The molecule has 11 heteroatoms. The average molecular weight is 597 g/mol. The third kappa shape index (κ3) is 7.74. The highest BCUT2D eigenvalue weighted by Crippen LogP contribution is 2.30. The Morgan fingerprint density at radius 3 is 2.67 bits per heavy atom. The third-order valence-corrected chi connectivity index (χ3v) is 8.18. The molecule has 0 spiro atoms. The Morgan fingerprint density at radius 1 is 1.12 bits per heavy atom. The molecule has 42 heavy (non-hydrogen) atoms. The van der Waals surface area contributed by atoms with Crippen molar-refractivity contribution in [2.24, 2.45) is 0 Å². The first-order valence-corrected chi connectivity index (χ1v) is 14.8. The molecule has 0 aliphatic carbocycles. The van der Waals surface area contributed by atoms with E-state index in [4.69, 9.17) is 16.7 Å². The number of aliphatic hydroxyl groups is 1. The molecule has 4 rings (SSSR count). The van der Waals surface area contributed by atoms with E-state index in [2.05, 4.69) is 16.0 Å². The van der Waals surface area contributed by atoms with E-state index in [0.717, 1.165) is 23.1 Å². The van der Waals surface area contributed by atoms with Crippen LogP contribution in [0.2, 0.25) is 5.02 Å². The molecule has 0 saturated carbocycles. The molecule has 224 valence electrons. The minimum Gasteiger partial charge on any atom is -0.396 e. The van der Waals surface area contributed by atoms with Crippen LogP contribution in [0.5, 0.6) is 0 Å². The molecule has 2 aromatic carbocycles. The van der Waals surface area contributed by atoms with Crippen molar-refractivity contribution >= 4 is 46.8 Å². The van der Waals surface area contributed by atoms with Crippen LogP contribution in [-0.2, 0) is 32.1 Å². The molecule has 1 fully saturated rings. The maximum atomic E-state index is 13.3. The fourth-order valence-corrected chi connectivity index (χ4v) is 5.57. The number of hydrogen-bond donors (Lipinski definition) is 4. The maximum Gasteiger partial charge on any atom is 0.255 e. The van der Waals surface area contributed by atoms with E-state index >= 15 is 0 Å². The van der Waals surface area contributed by atoms with Crippen molar-refractivity contribution in [3.8, 4) is 0 Å². The van der Waals surface area contributed by atoms with E-state index in [1.54, 1.807) is 24.3 Å². The molecule has 2 aromatic rings. The molecule has 4 N–H and O–H groups in total. The number of carbonyl (C=O) groups excluding carboxylic acids is 5. The molecule has 10 nitrogen and oxygen atoms in total. The van der Waals surface area contributed by atoms with Gasteiger partial charge in [-0.3, -0.25) is 29.3 Å². The summed E-state index contributed by atoms with van der Waals surface area (Å²) in [6, 6.07) is 9.24.